The molecule has 1 N–H and O–H groups in total. The van der Waals surface area contributed by atoms with Gasteiger partial charge in [-0.2, -0.15) is 4.31 Å². The molecule has 0 aliphatic heterocycles. The van der Waals surface area contributed by atoms with Gasteiger partial charge in [-0.15, -0.1) is 11.3 Å². The average Bonchev–Trinajstić information content (AvgIpc) is 3.25. The largest absolute Gasteiger partial charge is 0.342 e. The molecule has 0 atom stereocenters. The molecule has 146 valence electrons. The van der Waals surface area contributed by atoms with E-state index in [0.717, 1.165) is 26.8 Å². The zero-order chi connectivity index (χ0) is 20.2. The highest BCUT2D eigenvalue weighted by Crippen LogP contribution is 2.29. The lowest BCUT2D eigenvalue weighted by atomic mass is 9.84. The summed E-state index contributed by atoms with van der Waals surface area (Å²) in [4.78, 5) is 12.8. The molecule has 0 saturated carbocycles. The van der Waals surface area contributed by atoms with Crippen LogP contribution in [0, 0.1) is 0 Å². The summed E-state index contributed by atoms with van der Waals surface area (Å²) in [5.74, 6) is -0.377. The van der Waals surface area contributed by atoms with Crippen LogP contribution in [0.25, 0.3) is 0 Å². The first kappa shape index (κ1) is 20.3. The monoisotopic (exact) mass is 414 g/mol. The van der Waals surface area contributed by atoms with Gasteiger partial charge in [0, 0.05) is 7.05 Å². The van der Waals surface area contributed by atoms with Gasteiger partial charge in [-0.3, -0.25) is 4.79 Å². The fraction of sp³-hybridized carbons (Fsp3) is 0.190. The minimum Gasteiger partial charge on any atom is -0.342 e. The van der Waals surface area contributed by atoms with Crippen LogP contribution in [-0.2, 0) is 20.4 Å². The number of benzene rings is 2. The van der Waals surface area contributed by atoms with Crippen molar-refractivity contribution in [1.82, 2.24) is 9.62 Å². The number of amides is 1. The van der Waals surface area contributed by atoms with E-state index in [2.05, 4.69) is 5.32 Å². The molecule has 3 rings (SSSR count). The topological polar surface area (TPSA) is 66.5 Å². The van der Waals surface area contributed by atoms with Gasteiger partial charge in [0.15, 0.2) is 0 Å². The molecule has 0 radical (unpaired) electrons. The van der Waals surface area contributed by atoms with Crippen LogP contribution in [0.4, 0.5) is 0 Å². The maximum absolute atomic E-state index is 12.8. The van der Waals surface area contributed by atoms with Crippen LogP contribution in [0.1, 0.15) is 18.1 Å². The smallest absolute Gasteiger partial charge is 0.252 e. The van der Waals surface area contributed by atoms with Gasteiger partial charge >= 0.3 is 0 Å². The fourth-order valence-corrected chi connectivity index (χ4v) is 5.35. The lowest BCUT2D eigenvalue weighted by molar-refractivity contribution is -0.122. The van der Waals surface area contributed by atoms with Gasteiger partial charge in [-0.1, -0.05) is 66.7 Å². The van der Waals surface area contributed by atoms with Crippen LogP contribution in [-0.4, -0.2) is 32.2 Å². The lowest BCUT2D eigenvalue weighted by Crippen LogP contribution is -2.48. The molecule has 7 heteroatoms. The Bertz CT molecular complexity index is 979. The van der Waals surface area contributed by atoms with Crippen molar-refractivity contribution < 1.29 is 13.2 Å². The second-order valence-electron chi connectivity index (χ2n) is 6.60. The molecule has 0 saturated heterocycles. The van der Waals surface area contributed by atoms with Crippen LogP contribution in [0.5, 0.6) is 0 Å². The maximum Gasteiger partial charge on any atom is 0.252 e. The molecule has 0 aliphatic rings. The van der Waals surface area contributed by atoms with Crippen molar-refractivity contribution in [3.63, 3.8) is 0 Å². The van der Waals surface area contributed by atoms with Crippen molar-refractivity contribution in [2.24, 2.45) is 0 Å². The summed E-state index contributed by atoms with van der Waals surface area (Å²) in [6.07, 6.45) is 0. The zero-order valence-electron chi connectivity index (χ0n) is 15.7. The summed E-state index contributed by atoms with van der Waals surface area (Å²) in [6, 6.07) is 22.5. The van der Waals surface area contributed by atoms with Gasteiger partial charge in [0.25, 0.3) is 10.0 Å². The molecule has 3 aromatic rings. The van der Waals surface area contributed by atoms with Crippen molar-refractivity contribution in [2.75, 3.05) is 13.6 Å². The third-order valence-corrected chi connectivity index (χ3v) is 7.79. The van der Waals surface area contributed by atoms with E-state index in [4.69, 9.17) is 0 Å². The first-order valence-corrected chi connectivity index (χ1v) is 11.1. The van der Waals surface area contributed by atoms with E-state index >= 15 is 0 Å². The normalized spacial score (nSPS) is 12.1. The number of rotatable bonds is 7. The summed E-state index contributed by atoms with van der Waals surface area (Å²) >= 11 is 1.13. The molecular formula is C21H22N2O3S2. The highest BCUT2D eigenvalue weighted by atomic mass is 32.2. The van der Waals surface area contributed by atoms with Crippen LogP contribution in [0.15, 0.2) is 82.4 Å². The Labute approximate surface area is 169 Å². The molecule has 0 spiro atoms. The number of sulfonamides is 1. The minimum atomic E-state index is -3.68. The first-order chi connectivity index (χ1) is 13.3. The standard InChI is InChI=1S/C21H22N2O3S2/c1-21(17-10-5-3-6-11-17,18-12-7-4-8-13-18)22-19(24)16-23(2)28(25,26)20-14-9-15-27-20/h3-15H,16H2,1-2H3,(H,22,24). The summed E-state index contributed by atoms with van der Waals surface area (Å²) in [6.45, 7) is 1.65. The molecule has 1 heterocycles. The predicted octanol–water partition coefficient (Wildman–Crippen LogP) is 3.45. The van der Waals surface area contributed by atoms with Crippen LogP contribution < -0.4 is 5.32 Å². The van der Waals surface area contributed by atoms with Gasteiger partial charge in [0.05, 0.1) is 12.1 Å². The summed E-state index contributed by atoms with van der Waals surface area (Å²) in [7, 11) is -2.27. The summed E-state index contributed by atoms with van der Waals surface area (Å²) < 4.78 is 26.5. The number of carbonyl (C=O) groups is 1. The van der Waals surface area contributed by atoms with E-state index in [1.54, 1.807) is 11.4 Å². The number of thiophene rings is 1. The quantitative estimate of drug-likeness (QED) is 0.644. The van der Waals surface area contributed by atoms with Gasteiger partial charge in [0.2, 0.25) is 5.91 Å². The fourth-order valence-electron chi connectivity index (χ4n) is 3.02. The number of likely N-dealkylation sites (N-methyl/N-ethyl adjacent to an activating group) is 1. The SMILES string of the molecule is CN(CC(=O)NC(C)(c1ccccc1)c1ccccc1)S(=O)(=O)c1cccs1. The van der Waals surface area contributed by atoms with Crippen LogP contribution in [0.3, 0.4) is 0 Å². The zero-order valence-corrected chi connectivity index (χ0v) is 17.3. The highest BCUT2D eigenvalue weighted by molar-refractivity contribution is 7.91. The van der Waals surface area contributed by atoms with Gasteiger partial charge in [-0.05, 0) is 29.5 Å². The lowest BCUT2D eigenvalue weighted by Gasteiger charge is -2.33. The van der Waals surface area contributed by atoms with Crippen molar-refractivity contribution in [3.8, 4) is 0 Å². The van der Waals surface area contributed by atoms with Crippen molar-refractivity contribution in [3.05, 3.63) is 89.3 Å². The molecule has 0 aliphatic carbocycles. The number of nitrogens with zero attached hydrogens (tertiary/aromatic N) is 1. The number of hydrogen-bond acceptors (Lipinski definition) is 4. The van der Waals surface area contributed by atoms with E-state index in [9.17, 15) is 13.2 Å². The Kier molecular flexibility index (Phi) is 5.98. The molecule has 1 amide bonds. The Morgan fingerprint density at radius 1 is 0.964 bits per heavy atom. The first-order valence-electron chi connectivity index (χ1n) is 8.76. The van der Waals surface area contributed by atoms with Crippen LogP contribution in [0.2, 0.25) is 0 Å². The molecule has 1 aromatic heterocycles. The van der Waals surface area contributed by atoms with Gasteiger partial charge in [0.1, 0.15) is 4.21 Å². The summed E-state index contributed by atoms with van der Waals surface area (Å²) in [5.41, 5.74) is 1.05. The molecule has 2 aromatic carbocycles. The Balaban J connectivity index is 1.85. The second-order valence-corrected chi connectivity index (χ2v) is 9.82. The van der Waals surface area contributed by atoms with Gasteiger partial charge < -0.3 is 5.32 Å². The van der Waals surface area contributed by atoms with Crippen molar-refractivity contribution in [1.29, 1.82) is 0 Å². The van der Waals surface area contributed by atoms with Crippen molar-refractivity contribution >= 4 is 27.3 Å². The number of nitrogens with one attached hydrogen (secondary N) is 1. The molecule has 0 bridgehead atoms. The van der Waals surface area contributed by atoms with E-state index in [-0.39, 0.29) is 16.7 Å². The third-order valence-electron chi connectivity index (χ3n) is 4.62. The molecule has 28 heavy (non-hydrogen) atoms. The average molecular weight is 415 g/mol. The Morgan fingerprint density at radius 3 is 1.96 bits per heavy atom. The van der Waals surface area contributed by atoms with E-state index in [1.807, 2.05) is 67.6 Å². The van der Waals surface area contributed by atoms with E-state index < -0.39 is 15.6 Å². The Hall–Kier alpha value is -2.48. The summed E-state index contributed by atoms with van der Waals surface area (Å²) in [5, 5.41) is 4.73. The molecule has 0 fully saturated rings. The van der Waals surface area contributed by atoms with Crippen molar-refractivity contribution in [2.45, 2.75) is 16.7 Å². The molecule has 5 nitrogen and oxygen atoms in total. The number of hydrogen-bond donors (Lipinski definition) is 1. The Morgan fingerprint density at radius 2 is 1.50 bits per heavy atom. The third kappa shape index (κ3) is 4.16. The predicted molar refractivity (Wildman–Crippen MR) is 112 cm³/mol. The van der Waals surface area contributed by atoms with Gasteiger partial charge in [-0.25, -0.2) is 8.42 Å². The number of carbonyl (C=O) groups excluding carboxylic acids is 1. The van der Waals surface area contributed by atoms with Crippen LogP contribution >= 0.6 is 11.3 Å². The minimum absolute atomic E-state index is 0.219. The van der Waals surface area contributed by atoms with E-state index in [0.29, 0.717) is 0 Å². The molecular weight excluding hydrogens is 392 g/mol. The maximum atomic E-state index is 12.8. The highest BCUT2D eigenvalue weighted by Gasteiger charge is 2.32. The second kappa shape index (κ2) is 8.26. The van der Waals surface area contributed by atoms with E-state index in [1.165, 1.54) is 13.1 Å². The molecule has 0 unspecified atom stereocenters.